The van der Waals surface area contributed by atoms with Gasteiger partial charge in [-0.15, -0.1) is 0 Å². The minimum atomic E-state index is -0.671. The van der Waals surface area contributed by atoms with Crippen LogP contribution in [0.4, 0.5) is 0 Å². The highest BCUT2D eigenvalue weighted by Gasteiger charge is 2.37. The van der Waals surface area contributed by atoms with Gasteiger partial charge in [-0.1, -0.05) is 0 Å². The van der Waals surface area contributed by atoms with Crippen molar-refractivity contribution in [3.8, 4) is 0 Å². The molecule has 2 N–H and O–H groups in total. The molecule has 1 aliphatic rings. The molecule has 0 bridgehead atoms. The Morgan fingerprint density at radius 2 is 2.00 bits per heavy atom. The molecule has 0 aliphatic heterocycles. The van der Waals surface area contributed by atoms with E-state index in [0.717, 1.165) is 0 Å². The number of aliphatic hydroxyl groups is 1. The summed E-state index contributed by atoms with van der Waals surface area (Å²) in [5.41, 5.74) is 0. The number of esters is 1. The molecule has 0 radical (unpaired) electrons. The Morgan fingerprint density at radius 1 is 1.36 bits per heavy atom. The van der Waals surface area contributed by atoms with Crippen LogP contribution in [0.25, 0.3) is 0 Å². The van der Waals surface area contributed by atoms with Crippen LogP contribution in [0.15, 0.2) is 0 Å². The molecule has 0 spiro atoms. The molecule has 5 nitrogen and oxygen atoms in total. The molecule has 0 heterocycles. The first kappa shape index (κ1) is 11.0. The van der Waals surface area contributed by atoms with Crippen LogP contribution in [-0.4, -0.2) is 35.2 Å². The molecule has 14 heavy (non-hydrogen) atoms. The summed E-state index contributed by atoms with van der Waals surface area (Å²) in [6, 6.07) is -0.258. The van der Waals surface area contributed by atoms with Gasteiger partial charge in [0.1, 0.15) is 6.10 Å². The molecule has 5 heteroatoms. The molecule has 3 atom stereocenters. The lowest BCUT2D eigenvalue weighted by molar-refractivity contribution is -0.152. The van der Waals surface area contributed by atoms with E-state index in [-0.39, 0.29) is 11.9 Å². The summed E-state index contributed by atoms with van der Waals surface area (Å²) < 4.78 is 4.93. The summed E-state index contributed by atoms with van der Waals surface area (Å²) in [5.74, 6) is -0.618. The number of nitrogens with one attached hydrogen (secondary N) is 1. The number of carbonyl (C=O) groups is 2. The third-order valence-electron chi connectivity index (χ3n) is 2.24. The van der Waals surface area contributed by atoms with Crippen LogP contribution in [0, 0.1) is 0 Å². The minimum Gasteiger partial charge on any atom is -0.458 e. The molecule has 0 aromatic rings. The lowest BCUT2D eigenvalue weighted by Gasteiger charge is -2.22. The third-order valence-corrected chi connectivity index (χ3v) is 2.24. The van der Waals surface area contributed by atoms with E-state index < -0.39 is 18.2 Å². The Morgan fingerprint density at radius 3 is 2.50 bits per heavy atom. The molecule has 80 valence electrons. The van der Waals surface area contributed by atoms with Crippen molar-refractivity contribution in [1.29, 1.82) is 0 Å². The van der Waals surface area contributed by atoms with Crippen LogP contribution < -0.4 is 5.32 Å². The highest BCUT2D eigenvalue weighted by atomic mass is 16.6. The first-order chi connectivity index (χ1) is 6.50. The average molecular weight is 201 g/mol. The van der Waals surface area contributed by atoms with E-state index in [1.54, 1.807) is 0 Å². The summed E-state index contributed by atoms with van der Waals surface area (Å²) in [5, 5.41) is 12.1. The number of hydrogen-bond acceptors (Lipinski definition) is 4. The van der Waals surface area contributed by atoms with Gasteiger partial charge in [0, 0.05) is 13.8 Å². The van der Waals surface area contributed by atoms with E-state index in [1.165, 1.54) is 13.8 Å². The molecule has 1 saturated carbocycles. The molecule has 1 aliphatic carbocycles. The van der Waals surface area contributed by atoms with Gasteiger partial charge in [0.25, 0.3) is 0 Å². The average Bonchev–Trinajstić information content (AvgIpc) is 2.34. The first-order valence-electron chi connectivity index (χ1n) is 4.63. The number of aliphatic hydroxyl groups excluding tert-OH is 1. The van der Waals surface area contributed by atoms with E-state index in [4.69, 9.17) is 4.74 Å². The molecular weight excluding hydrogens is 186 g/mol. The highest BCUT2D eigenvalue weighted by Crippen LogP contribution is 2.22. The molecule has 0 unspecified atom stereocenters. The zero-order chi connectivity index (χ0) is 10.7. The summed E-state index contributed by atoms with van der Waals surface area (Å²) in [4.78, 5) is 21.5. The predicted molar refractivity (Wildman–Crippen MR) is 48.4 cm³/mol. The summed E-state index contributed by atoms with van der Waals surface area (Å²) in [7, 11) is 0. The smallest absolute Gasteiger partial charge is 0.303 e. The number of carbonyl (C=O) groups excluding carboxylic acids is 2. The number of hydrogen-bond donors (Lipinski definition) is 2. The van der Waals surface area contributed by atoms with Crippen LogP contribution in [0.2, 0.25) is 0 Å². The standard InChI is InChI=1S/C9H15NO4/c1-5(11)10-7-3-4-8(13)9(7)14-6(2)12/h7-9,13H,3-4H2,1-2H3,(H,10,11)/t7-,8-,9-/m0/s1. The maximum atomic E-state index is 10.8. The Balaban J connectivity index is 2.56. The van der Waals surface area contributed by atoms with E-state index in [1.807, 2.05) is 0 Å². The van der Waals surface area contributed by atoms with Crippen molar-refractivity contribution >= 4 is 11.9 Å². The molecule has 1 amide bonds. The van der Waals surface area contributed by atoms with Crippen LogP contribution in [-0.2, 0) is 14.3 Å². The van der Waals surface area contributed by atoms with Crippen LogP contribution in [0.3, 0.4) is 0 Å². The second kappa shape index (κ2) is 4.41. The Kier molecular flexibility index (Phi) is 3.46. The van der Waals surface area contributed by atoms with Crippen molar-refractivity contribution in [2.45, 2.75) is 44.9 Å². The molecule has 0 aromatic carbocycles. The number of ether oxygens (including phenoxy) is 1. The van der Waals surface area contributed by atoms with Crippen LogP contribution in [0.5, 0.6) is 0 Å². The summed E-state index contributed by atoms with van der Waals surface area (Å²) >= 11 is 0. The second-order valence-corrected chi connectivity index (χ2v) is 3.53. The van der Waals surface area contributed by atoms with Gasteiger partial charge in [-0.25, -0.2) is 0 Å². The van der Waals surface area contributed by atoms with Gasteiger partial charge in [0.2, 0.25) is 5.91 Å². The van der Waals surface area contributed by atoms with Gasteiger partial charge < -0.3 is 15.2 Å². The van der Waals surface area contributed by atoms with E-state index in [2.05, 4.69) is 5.32 Å². The lowest BCUT2D eigenvalue weighted by atomic mass is 10.2. The molecular formula is C9H15NO4. The van der Waals surface area contributed by atoms with Crippen molar-refractivity contribution in [1.82, 2.24) is 5.32 Å². The van der Waals surface area contributed by atoms with Crippen molar-refractivity contribution in [2.24, 2.45) is 0 Å². The van der Waals surface area contributed by atoms with E-state index in [9.17, 15) is 14.7 Å². The Bertz CT molecular complexity index is 241. The molecule has 0 aromatic heterocycles. The Hall–Kier alpha value is -1.10. The van der Waals surface area contributed by atoms with Gasteiger partial charge in [0.15, 0.2) is 0 Å². The van der Waals surface area contributed by atoms with Crippen molar-refractivity contribution < 1.29 is 19.4 Å². The molecule has 1 fully saturated rings. The van der Waals surface area contributed by atoms with Gasteiger partial charge >= 0.3 is 5.97 Å². The van der Waals surface area contributed by atoms with E-state index >= 15 is 0 Å². The van der Waals surface area contributed by atoms with Crippen molar-refractivity contribution in [3.63, 3.8) is 0 Å². The van der Waals surface area contributed by atoms with Crippen molar-refractivity contribution in [2.75, 3.05) is 0 Å². The highest BCUT2D eigenvalue weighted by molar-refractivity contribution is 5.73. The fourth-order valence-electron chi connectivity index (χ4n) is 1.71. The quantitative estimate of drug-likeness (QED) is 0.595. The van der Waals surface area contributed by atoms with Crippen molar-refractivity contribution in [3.05, 3.63) is 0 Å². The van der Waals surface area contributed by atoms with Gasteiger partial charge in [-0.3, -0.25) is 9.59 Å². The fraction of sp³-hybridized carbons (Fsp3) is 0.778. The zero-order valence-corrected chi connectivity index (χ0v) is 8.32. The first-order valence-corrected chi connectivity index (χ1v) is 4.63. The summed E-state index contributed by atoms with van der Waals surface area (Å²) in [6.45, 7) is 2.69. The normalized spacial score (nSPS) is 31.2. The second-order valence-electron chi connectivity index (χ2n) is 3.53. The monoisotopic (exact) mass is 201 g/mol. The van der Waals surface area contributed by atoms with Gasteiger partial charge in [-0.2, -0.15) is 0 Å². The maximum absolute atomic E-state index is 10.8. The summed E-state index contributed by atoms with van der Waals surface area (Å²) in [6.07, 6.45) is -0.0890. The SMILES string of the molecule is CC(=O)N[C@H]1CC[C@H](O)[C@H]1OC(C)=O. The molecule has 0 saturated heterocycles. The number of amides is 1. The predicted octanol–water partition coefficient (Wildman–Crippen LogP) is -0.423. The largest absolute Gasteiger partial charge is 0.458 e. The maximum Gasteiger partial charge on any atom is 0.303 e. The third kappa shape index (κ3) is 2.70. The Labute approximate surface area is 82.4 Å². The number of rotatable bonds is 2. The molecule has 1 rings (SSSR count). The minimum absolute atomic E-state index is 0.179. The van der Waals surface area contributed by atoms with Gasteiger partial charge in [0.05, 0.1) is 12.1 Å². The van der Waals surface area contributed by atoms with Crippen LogP contribution in [0.1, 0.15) is 26.7 Å². The topological polar surface area (TPSA) is 75.6 Å². The van der Waals surface area contributed by atoms with E-state index in [0.29, 0.717) is 12.8 Å². The lowest BCUT2D eigenvalue weighted by Crippen LogP contribution is -2.44. The van der Waals surface area contributed by atoms with Gasteiger partial charge in [-0.05, 0) is 12.8 Å². The van der Waals surface area contributed by atoms with Crippen LogP contribution >= 0.6 is 0 Å². The fourth-order valence-corrected chi connectivity index (χ4v) is 1.71. The zero-order valence-electron chi connectivity index (χ0n) is 8.32.